The van der Waals surface area contributed by atoms with Crippen LogP contribution < -0.4 is 0 Å². The first kappa shape index (κ1) is 15.7. The molecule has 0 fully saturated rings. The highest BCUT2D eigenvalue weighted by Crippen LogP contribution is 2.26. The molecule has 0 unspecified atom stereocenters. The Bertz CT molecular complexity index is 1100. The van der Waals surface area contributed by atoms with Crippen LogP contribution in [0, 0.1) is 11.3 Å². The van der Waals surface area contributed by atoms with Crippen LogP contribution in [-0.2, 0) is 0 Å². The highest BCUT2D eigenvalue weighted by molar-refractivity contribution is 5.94. The van der Waals surface area contributed by atoms with Gasteiger partial charge in [-0.25, -0.2) is 4.98 Å². The molecule has 0 amide bonds. The molecule has 0 saturated heterocycles. The number of benzene rings is 3. The first-order valence-electron chi connectivity index (χ1n) is 8.20. The van der Waals surface area contributed by atoms with E-state index in [9.17, 15) is 10.4 Å². The Morgan fingerprint density at radius 3 is 2.19 bits per heavy atom. The normalized spacial score (nSPS) is 11.8. The number of aliphatic hydroxyl groups is 1. The molecular weight excluding hydrogens is 322 g/mol. The summed E-state index contributed by atoms with van der Waals surface area (Å²) in [5.74, 6) is 0.268. The van der Waals surface area contributed by atoms with Crippen molar-refractivity contribution in [2.45, 2.75) is 0 Å². The topological polar surface area (TPSA) is 72.7 Å². The number of imidazole rings is 1. The quantitative estimate of drug-likeness (QED) is 0.399. The van der Waals surface area contributed by atoms with Gasteiger partial charge in [0.15, 0.2) is 5.82 Å². The summed E-state index contributed by atoms with van der Waals surface area (Å²) in [6.45, 7) is 0. The van der Waals surface area contributed by atoms with Crippen molar-refractivity contribution >= 4 is 22.4 Å². The third-order valence-electron chi connectivity index (χ3n) is 4.24. The molecule has 26 heavy (non-hydrogen) atoms. The summed E-state index contributed by atoms with van der Waals surface area (Å²) in [5.41, 5.74) is 4.41. The zero-order valence-corrected chi connectivity index (χ0v) is 13.8. The van der Waals surface area contributed by atoms with Gasteiger partial charge in [-0.05, 0) is 23.3 Å². The van der Waals surface area contributed by atoms with Gasteiger partial charge in [0.2, 0.25) is 0 Å². The van der Waals surface area contributed by atoms with Crippen LogP contribution in [0.15, 0.2) is 78.9 Å². The third-order valence-corrected chi connectivity index (χ3v) is 4.24. The maximum atomic E-state index is 10.6. The van der Waals surface area contributed by atoms with Gasteiger partial charge in [-0.2, -0.15) is 5.26 Å². The van der Waals surface area contributed by atoms with Crippen LogP contribution in [0.25, 0.3) is 33.5 Å². The van der Waals surface area contributed by atoms with E-state index >= 15 is 0 Å². The van der Waals surface area contributed by atoms with E-state index in [4.69, 9.17) is 0 Å². The fraction of sp³-hybridized carbons (Fsp3) is 0. The van der Waals surface area contributed by atoms with Gasteiger partial charge < -0.3 is 10.1 Å². The maximum Gasteiger partial charge on any atom is 0.153 e. The van der Waals surface area contributed by atoms with Gasteiger partial charge in [0, 0.05) is 5.56 Å². The average molecular weight is 337 g/mol. The number of hydrogen-bond donors (Lipinski definition) is 2. The van der Waals surface area contributed by atoms with Crippen LogP contribution in [-0.4, -0.2) is 15.1 Å². The number of aliphatic hydroxyl groups excluding tert-OH is 1. The molecule has 2 N–H and O–H groups in total. The first-order chi connectivity index (χ1) is 12.8. The zero-order chi connectivity index (χ0) is 17.9. The number of allylic oxidation sites excluding steroid dienone is 1. The van der Waals surface area contributed by atoms with Crippen molar-refractivity contribution in [2.24, 2.45) is 0 Å². The van der Waals surface area contributed by atoms with E-state index in [2.05, 4.69) is 16.0 Å². The molecule has 0 aliphatic carbocycles. The van der Waals surface area contributed by atoms with Crippen molar-refractivity contribution in [2.75, 3.05) is 0 Å². The van der Waals surface area contributed by atoms with E-state index in [0.717, 1.165) is 22.2 Å². The molecule has 3 aromatic carbocycles. The Labute approximate surface area is 150 Å². The Kier molecular flexibility index (Phi) is 3.97. The van der Waals surface area contributed by atoms with Crippen molar-refractivity contribution in [1.82, 2.24) is 9.97 Å². The summed E-state index contributed by atoms with van der Waals surface area (Å²) in [4.78, 5) is 7.48. The van der Waals surface area contributed by atoms with E-state index in [1.807, 2.05) is 66.7 Å². The molecule has 0 bridgehead atoms. The number of para-hydroxylation sites is 2. The number of aromatic nitrogens is 2. The summed E-state index contributed by atoms with van der Waals surface area (Å²) >= 11 is 0. The average Bonchev–Trinajstić information content (AvgIpc) is 3.13. The Hall–Kier alpha value is -3.84. The van der Waals surface area contributed by atoms with Crippen LogP contribution in [0.4, 0.5) is 0 Å². The molecule has 0 atom stereocenters. The SMILES string of the molecule is N#C/C(=C(/O)c1ccc(-c2ccccc2)cc1)c1nc2ccccc2[nH]1. The molecule has 1 aromatic heterocycles. The predicted octanol–water partition coefficient (Wildman–Crippen LogP) is 5.18. The second-order valence-corrected chi connectivity index (χ2v) is 5.88. The second kappa shape index (κ2) is 6.58. The summed E-state index contributed by atoms with van der Waals surface area (Å²) in [7, 11) is 0. The van der Waals surface area contributed by atoms with Gasteiger partial charge in [0.25, 0.3) is 0 Å². The van der Waals surface area contributed by atoms with Gasteiger partial charge in [-0.15, -0.1) is 0 Å². The Morgan fingerprint density at radius 2 is 1.50 bits per heavy atom. The number of hydrogen-bond acceptors (Lipinski definition) is 3. The lowest BCUT2D eigenvalue weighted by Gasteiger charge is -2.05. The van der Waals surface area contributed by atoms with Crippen LogP contribution in [0.2, 0.25) is 0 Å². The standard InChI is InChI=1S/C22H15N3O/c23-14-18(22-24-19-8-4-5-9-20(19)25-22)21(26)17-12-10-16(11-13-17)15-6-2-1-3-7-15/h1-13,26H,(H,24,25)/b21-18-. The minimum Gasteiger partial charge on any atom is -0.506 e. The third kappa shape index (κ3) is 2.83. The van der Waals surface area contributed by atoms with Crippen LogP contribution in [0.5, 0.6) is 0 Å². The first-order valence-corrected chi connectivity index (χ1v) is 8.20. The molecule has 4 rings (SSSR count). The molecule has 4 heteroatoms. The molecule has 0 aliphatic heterocycles. The van der Waals surface area contributed by atoms with Gasteiger partial charge in [-0.3, -0.25) is 0 Å². The van der Waals surface area contributed by atoms with Crippen LogP contribution >= 0.6 is 0 Å². The lowest BCUT2D eigenvalue weighted by atomic mass is 10.0. The number of nitrogens with one attached hydrogen (secondary N) is 1. The number of nitriles is 1. The molecular formula is C22H15N3O. The summed E-state index contributed by atoms with van der Waals surface area (Å²) in [6.07, 6.45) is 0. The van der Waals surface area contributed by atoms with E-state index in [1.165, 1.54) is 0 Å². The number of nitrogens with zero attached hydrogens (tertiary/aromatic N) is 2. The van der Waals surface area contributed by atoms with Crippen molar-refractivity contribution in [1.29, 1.82) is 5.26 Å². The minimum atomic E-state index is -0.0915. The van der Waals surface area contributed by atoms with E-state index in [0.29, 0.717) is 11.4 Å². The lowest BCUT2D eigenvalue weighted by Crippen LogP contribution is -1.92. The lowest BCUT2D eigenvalue weighted by molar-refractivity contribution is 0.514. The number of aromatic amines is 1. The molecule has 0 aliphatic rings. The van der Waals surface area contributed by atoms with Crippen molar-refractivity contribution in [3.63, 3.8) is 0 Å². The molecule has 124 valence electrons. The largest absolute Gasteiger partial charge is 0.506 e. The van der Waals surface area contributed by atoms with Gasteiger partial charge >= 0.3 is 0 Å². The second-order valence-electron chi connectivity index (χ2n) is 5.88. The highest BCUT2D eigenvalue weighted by atomic mass is 16.3. The Morgan fingerprint density at radius 1 is 0.846 bits per heavy atom. The molecule has 1 heterocycles. The van der Waals surface area contributed by atoms with Crippen LogP contribution in [0.3, 0.4) is 0 Å². The van der Waals surface area contributed by atoms with Crippen molar-refractivity contribution in [3.8, 4) is 17.2 Å². The minimum absolute atomic E-state index is 0.0915. The molecule has 4 aromatic rings. The molecule has 0 spiro atoms. The van der Waals surface area contributed by atoms with Crippen LogP contribution in [0.1, 0.15) is 11.4 Å². The number of fused-ring (bicyclic) bond motifs is 1. The van der Waals surface area contributed by atoms with Gasteiger partial charge in [-0.1, -0.05) is 66.7 Å². The summed E-state index contributed by atoms with van der Waals surface area (Å²) in [5, 5.41) is 20.2. The van der Waals surface area contributed by atoms with E-state index in [-0.39, 0.29) is 11.3 Å². The monoisotopic (exact) mass is 337 g/mol. The van der Waals surface area contributed by atoms with Crippen molar-refractivity contribution < 1.29 is 5.11 Å². The summed E-state index contributed by atoms with van der Waals surface area (Å²) in [6, 6.07) is 27.0. The smallest absolute Gasteiger partial charge is 0.153 e. The van der Waals surface area contributed by atoms with E-state index in [1.54, 1.807) is 12.1 Å². The van der Waals surface area contributed by atoms with Gasteiger partial charge in [0.05, 0.1) is 11.0 Å². The van der Waals surface area contributed by atoms with E-state index < -0.39 is 0 Å². The molecule has 0 radical (unpaired) electrons. The maximum absolute atomic E-state index is 10.6. The zero-order valence-electron chi connectivity index (χ0n) is 13.8. The fourth-order valence-electron chi connectivity index (χ4n) is 2.88. The molecule has 4 nitrogen and oxygen atoms in total. The Balaban J connectivity index is 1.74. The number of H-pyrrole nitrogens is 1. The predicted molar refractivity (Wildman–Crippen MR) is 103 cm³/mol. The fourth-order valence-corrected chi connectivity index (χ4v) is 2.88. The highest BCUT2D eigenvalue weighted by Gasteiger charge is 2.14. The number of rotatable bonds is 3. The molecule has 0 saturated carbocycles. The van der Waals surface area contributed by atoms with Gasteiger partial charge in [0.1, 0.15) is 17.4 Å². The van der Waals surface area contributed by atoms with Crippen molar-refractivity contribution in [3.05, 3.63) is 90.3 Å². The summed E-state index contributed by atoms with van der Waals surface area (Å²) < 4.78 is 0.